The summed E-state index contributed by atoms with van der Waals surface area (Å²) in [7, 11) is 3.51. The van der Waals surface area contributed by atoms with E-state index in [1.54, 1.807) is 14.2 Å². The molecule has 0 aromatic carbocycles. The Morgan fingerprint density at radius 3 is 0.784 bits per heavy atom. The van der Waals surface area contributed by atoms with Gasteiger partial charge < -0.3 is 75.8 Å². The quantitative estimate of drug-likeness (QED) is 0.0416. The van der Waals surface area contributed by atoms with E-state index in [9.17, 15) is 0 Å². The van der Waals surface area contributed by atoms with Gasteiger partial charge in [0, 0.05) is 73.7 Å². The van der Waals surface area contributed by atoms with E-state index in [2.05, 4.69) is 55.4 Å². The van der Waals surface area contributed by atoms with Gasteiger partial charge >= 0.3 is 0 Å². The minimum Gasteiger partial charge on any atom is -0.385 e. The first-order valence-electron chi connectivity index (χ1n) is 36.5. The fraction of sp³-hybridized carbons (Fsp3) is 1.00. The SMILES string of the molecule is CCCCCCCCCOCC1(C)CO1.CCCCCCCCOCC1CO1.CCCCCCCOCC1CO1.CCCCCOCC1OC1C.CCCOCC1CO1.COCCCCCCCCOCC1CO1.COCCCCCCOCC1(C)CO1. The molecule has 7 fully saturated rings. The second kappa shape index (κ2) is 63.7. The summed E-state index contributed by atoms with van der Waals surface area (Å²) in [4.78, 5) is 0. The van der Waals surface area contributed by atoms with Crippen LogP contribution in [0.15, 0.2) is 0 Å². The van der Waals surface area contributed by atoms with E-state index in [-0.39, 0.29) is 11.2 Å². The maximum absolute atomic E-state index is 5.56. The first-order valence-corrected chi connectivity index (χ1v) is 36.5. The van der Waals surface area contributed by atoms with Gasteiger partial charge in [0.05, 0.1) is 92.0 Å². The molecule has 16 heteroatoms. The first kappa shape index (κ1) is 85.4. The van der Waals surface area contributed by atoms with Crippen LogP contribution in [0.2, 0.25) is 0 Å². The van der Waals surface area contributed by atoms with Gasteiger partial charge in [-0.25, -0.2) is 0 Å². The highest BCUT2D eigenvalue weighted by Gasteiger charge is 2.40. The highest BCUT2D eigenvalue weighted by atomic mass is 16.6. The van der Waals surface area contributed by atoms with Crippen LogP contribution in [-0.2, 0) is 75.8 Å². The highest BCUT2D eigenvalue weighted by molar-refractivity contribution is 4.87. The molecule has 8 unspecified atom stereocenters. The van der Waals surface area contributed by atoms with Gasteiger partial charge in [0.2, 0.25) is 0 Å². The first-order chi connectivity index (χ1) is 43.1. The number of hydrogen-bond acceptors (Lipinski definition) is 16. The molecule has 7 saturated heterocycles. The Morgan fingerprint density at radius 1 is 0.307 bits per heavy atom. The van der Waals surface area contributed by atoms with Crippen molar-refractivity contribution >= 4 is 0 Å². The number of hydrogen-bond donors (Lipinski definition) is 0. The Balaban J connectivity index is 0.000000517. The van der Waals surface area contributed by atoms with Crippen LogP contribution in [0, 0.1) is 0 Å². The number of rotatable bonds is 57. The van der Waals surface area contributed by atoms with E-state index < -0.39 is 0 Å². The van der Waals surface area contributed by atoms with Gasteiger partial charge in [-0.05, 0) is 78.6 Å². The molecule has 88 heavy (non-hydrogen) atoms. The van der Waals surface area contributed by atoms with Crippen molar-refractivity contribution in [3.05, 3.63) is 0 Å². The van der Waals surface area contributed by atoms with E-state index in [0.29, 0.717) is 36.6 Å². The average Bonchev–Trinajstić information content (AvgIpc) is 4.47. The molecule has 0 amide bonds. The van der Waals surface area contributed by atoms with Gasteiger partial charge in [-0.3, -0.25) is 0 Å². The van der Waals surface area contributed by atoms with Gasteiger partial charge in [0.15, 0.2) is 0 Å². The number of ether oxygens (including phenoxy) is 16. The minimum absolute atomic E-state index is 0.0516. The molecule has 0 saturated carbocycles. The molecule has 528 valence electrons. The van der Waals surface area contributed by atoms with Crippen LogP contribution in [-0.4, -0.2) is 207 Å². The topological polar surface area (TPSA) is 171 Å². The number of epoxide rings is 7. The van der Waals surface area contributed by atoms with Gasteiger partial charge in [0.1, 0.15) is 41.7 Å². The van der Waals surface area contributed by atoms with Gasteiger partial charge in [0.25, 0.3) is 0 Å². The summed E-state index contributed by atoms with van der Waals surface area (Å²) >= 11 is 0. The van der Waals surface area contributed by atoms with E-state index in [0.717, 1.165) is 165 Å². The molecule has 7 heterocycles. The van der Waals surface area contributed by atoms with Crippen molar-refractivity contribution in [1.82, 2.24) is 0 Å². The molecular formula is C72H144O16. The zero-order valence-corrected chi connectivity index (χ0v) is 59.2. The van der Waals surface area contributed by atoms with Crippen molar-refractivity contribution in [3.63, 3.8) is 0 Å². The molecule has 0 aromatic rings. The lowest BCUT2D eigenvalue weighted by Crippen LogP contribution is -2.14. The fourth-order valence-electron chi connectivity index (χ4n) is 8.62. The van der Waals surface area contributed by atoms with Crippen molar-refractivity contribution in [2.24, 2.45) is 0 Å². The van der Waals surface area contributed by atoms with Crippen LogP contribution in [0.5, 0.6) is 0 Å². The molecule has 0 bridgehead atoms. The summed E-state index contributed by atoms with van der Waals surface area (Å²) < 4.78 is 83.7. The second-order valence-electron chi connectivity index (χ2n) is 25.7. The summed E-state index contributed by atoms with van der Waals surface area (Å²) in [6.07, 6.45) is 43.9. The van der Waals surface area contributed by atoms with Crippen molar-refractivity contribution < 1.29 is 75.8 Å². The number of unbranched alkanes of at least 4 members (excludes halogenated alkanes) is 25. The van der Waals surface area contributed by atoms with Gasteiger partial charge in [-0.2, -0.15) is 0 Å². The maximum atomic E-state index is 5.56. The summed E-state index contributed by atoms with van der Waals surface area (Å²) in [5, 5.41) is 0. The predicted molar refractivity (Wildman–Crippen MR) is 358 cm³/mol. The Morgan fingerprint density at radius 2 is 0.534 bits per heavy atom. The Kier molecular flexibility index (Phi) is 61.8. The van der Waals surface area contributed by atoms with Crippen LogP contribution in [0.4, 0.5) is 0 Å². The van der Waals surface area contributed by atoms with Crippen molar-refractivity contribution in [3.8, 4) is 0 Å². The van der Waals surface area contributed by atoms with Crippen LogP contribution < -0.4 is 0 Å². The van der Waals surface area contributed by atoms with Crippen molar-refractivity contribution in [1.29, 1.82) is 0 Å². The van der Waals surface area contributed by atoms with Gasteiger partial charge in [-0.1, -0.05) is 182 Å². The molecule has 0 spiro atoms. The number of methoxy groups -OCH3 is 2. The second-order valence-corrected chi connectivity index (χ2v) is 25.7. The summed E-state index contributed by atoms with van der Waals surface area (Å²) in [5.41, 5.74) is 0.122. The van der Waals surface area contributed by atoms with Crippen LogP contribution in [0.3, 0.4) is 0 Å². The van der Waals surface area contributed by atoms with Crippen molar-refractivity contribution in [2.75, 3.05) is 160 Å². The monoisotopic (exact) mass is 1270 g/mol. The highest BCUT2D eigenvalue weighted by Crippen LogP contribution is 2.27. The molecule has 0 aromatic heterocycles. The lowest BCUT2D eigenvalue weighted by molar-refractivity contribution is 0.0822. The smallest absolute Gasteiger partial charge is 0.112 e. The van der Waals surface area contributed by atoms with E-state index in [1.165, 1.54) is 186 Å². The Bertz CT molecular complexity index is 1360. The van der Waals surface area contributed by atoms with Crippen LogP contribution >= 0.6 is 0 Å². The molecule has 7 aliphatic rings. The summed E-state index contributed by atoms with van der Waals surface area (Å²) in [6.45, 7) is 36.4. The van der Waals surface area contributed by atoms with E-state index in [1.807, 2.05) is 0 Å². The normalized spacial score (nSPS) is 23.4. The fourth-order valence-corrected chi connectivity index (χ4v) is 8.62. The maximum Gasteiger partial charge on any atom is 0.112 e. The molecule has 7 aliphatic heterocycles. The zero-order valence-electron chi connectivity index (χ0n) is 59.2. The summed E-state index contributed by atoms with van der Waals surface area (Å²) in [6, 6.07) is 0. The molecule has 0 radical (unpaired) electrons. The van der Waals surface area contributed by atoms with E-state index in [4.69, 9.17) is 75.8 Å². The molecular weight excluding hydrogens is 1120 g/mol. The lowest BCUT2D eigenvalue weighted by atomic mass is 10.1. The molecule has 8 atom stereocenters. The molecule has 0 aliphatic carbocycles. The Hall–Kier alpha value is -0.640. The standard InChI is InChI=1S/C13H26O2.C12H24O3.C11H22O3.C11H22O2.C10H20O2.C9H18O2.C6H12O2/c1-3-4-5-6-7-8-9-10-14-11-13(2)12-15-13;1-13-8-6-4-2-3-5-7-9-14-10-12-11-15-12;1-11(10-14-11)9-13-8-6-4-3-5-7-12-2;1-2-3-4-5-6-7-8-12-9-11-10-13-11;1-2-3-4-5-6-7-11-8-10-9-12-10;1-3-4-5-6-10-7-9-8(2)11-9;1-2-3-7-4-6-5-8-6/h3-12H2,1-2H3;12H,2-11H2,1H3;3-10H2,1-2H3;11H,2-10H2,1H3;10H,2-9H2,1H3;8-9H,3-7H2,1-2H3;6H,2-5H2,1H3. The average molecular weight is 1270 g/mol. The minimum atomic E-state index is 0.0516. The van der Waals surface area contributed by atoms with Crippen molar-refractivity contribution in [2.45, 2.75) is 309 Å². The largest absolute Gasteiger partial charge is 0.385 e. The molecule has 7 rings (SSSR count). The third-order valence-electron chi connectivity index (χ3n) is 15.5. The molecule has 0 N–H and O–H groups in total. The van der Waals surface area contributed by atoms with E-state index >= 15 is 0 Å². The molecule has 16 nitrogen and oxygen atoms in total. The van der Waals surface area contributed by atoms with Crippen LogP contribution in [0.25, 0.3) is 0 Å². The predicted octanol–water partition coefficient (Wildman–Crippen LogP) is 15.9. The third kappa shape index (κ3) is 69.7. The zero-order chi connectivity index (χ0) is 64.0. The lowest BCUT2D eigenvalue weighted by Gasteiger charge is -2.06. The van der Waals surface area contributed by atoms with Gasteiger partial charge in [-0.15, -0.1) is 0 Å². The summed E-state index contributed by atoms with van der Waals surface area (Å²) in [5.74, 6) is 0. The third-order valence-corrected chi connectivity index (χ3v) is 15.5. The van der Waals surface area contributed by atoms with Crippen LogP contribution in [0.1, 0.15) is 261 Å². The Labute approximate surface area is 541 Å².